The largest absolute Gasteiger partial charge is 0.481 e. The Bertz CT molecular complexity index is 672. The predicted molar refractivity (Wildman–Crippen MR) is 81.7 cm³/mol. The molecule has 0 spiro atoms. The second-order valence-corrected chi connectivity index (χ2v) is 7.99. The molecule has 3 saturated carbocycles. The second kappa shape index (κ2) is 5.19. The van der Waals surface area contributed by atoms with Gasteiger partial charge < -0.3 is 20.4 Å². The van der Waals surface area contributed by atoms with Crippen LogP contribution in [0.4, 0.5) is 0 Å². The van der Waals surface area contributed by atoms with Crippen LogP contribution >= 0.6 is 0 Å². The molecule has 6 unspecified atom stereocenters. The molecule has 4 N–H and O–H groups in total. The van der Waals surface area contributed by atoms with E-state index >= 15 is 0 Å². The molecule has 0 bridgehead atoms. The summed E-state index contributed by atoms with van der Waals surface area (Å²) in [4.78, 5) is 47.7. The molecule has 0 aromatic rings. The number of aliphatic carboxylic acids is 4. The Labute approximate surface area is 143 Å². The molecule has 0 amide bonds. The Balaban J connectivity index is 2.16. The first kappa shape index (κ1) is 17.7. The van der Waals surface area contributed by atoms with Crippen molar-refractivity contribution in [1.82, 2.24) is 0 Å². The lowest BCUT2D eigenvalue weighted by atomic mass is 9.24. The molecule has 8 heteroatoms. The minimum absolute atomic E-state index is 0.107. The summed E-state index contributed by atoms with van der Waals surface area (Å²) in [7, 11) is 0. The van der Waals surface area contributed by atoms with Crippen LogP contribution in [0.3, 0.4) is 0 Å². The molecule has 0 heterocycles. The first-order chi connectivity index (χ1) is 11.6. The van der Waals surface area contributed by atoms with E-state index in [-0.39, 0.29) is 25.7 Å². The van der Waals surface area contributed by atoms with Crippen LogP contribution in [0.25, 0.3) is 0 Å². The van der Waals surface area contributed by atoms with E-state index in [1.54, 1.807) is 6.92 Å². The Morgan fingerprint density at radius 2 is 1.40 bits per heavy atom. The molecule has 3 aliphatic carbocycles. The van der Waals surface area contributed by atoms with Gasteiger partial charge in [-0.25, -0.2) is 0 Å². The number of rotatable bonds is 4. The molecule has 3 rings (SSSR count). The van der Waals surface area contributed by atoms with E-state index in [0.717, 1.165) is 0 Å². The highest BCUT2D eigenvalue weighted by atomic mass is 16.4. The summed E-state index contributed by atoms with van der Waals surface area (Å²) in [6.45, 7) is 1.65. The number of hydrogen-bond donors (Lipinski definition) is 4. The standard InChI is InChI=1S/C17H22O8/c1-15-7-9(12(20)21)8(11(18)19)6-10(15)16(13(22)23)4-2-3-5-17(15,16)14(24)25/h8-10H,2-7H2,1H3,(H,18,19)(H,20,21)(H,22,23)(H,24,25). The van der Waals surface area contributed by atoms with Gasteiger partial charge in [0.15, 0.2) is 0 Å². The SMILES string of the molecule is CC12CC(C(=O)O)C(C(=O)O)CC1C1(C(=O)O)CCCCC21C(=O)O. The lowest BCUT2D eigenvalue weighted by Gasteiger charge is -2.75. The van der Waals surface area contributed by atoms with Crippen molar-refractivity contribution in [2.45, 2.75) is 45.4 Å². The zero-order valence-electron chi connectivity index (χ0n) is 13.9. The average molecular weight is 354 g/mol. The van der Waals surface area contributed by atoms with Crippen molar-refractivity contribution in [3.05, 3.63) is 0 Å². The Morgan fingerprint density at radius 3 is 1.88 bits per heavy atom. The van der Waals surface area contributed by atoms with Crippen LogP contribution in [-0.4, -0.2) is 44.3 Å². The van der Waals surface area contributed by atoms with E-state index < -0.39 is 57.9 Å². The van der Waals surface area contributed by atoms with Crippen LogP contribution < -0.4 is 0 Å². The maximum atomic E-state index is 12.3. The van der Waals surface area contributed by atoms with Crippen LogP contribution in [0.15, 0.2) is 0 Å². The molecule has 25 heavy (non-hydrogen) atoms. The quantitative estimate of drug-likeness (QED) is 0.594. The molecule has 0 aromatic heterocycles. The van der Waals surface area contributed by atoms with Gasteiger partial charge >= 0.3 is 23.9 Å². The number of hydrogen-bond acceptors (Lipinski definition) is 4. The predicted octanol–water partition coefficient (Wildman–Crippen LogP) is 1.53. The lowest BCUT2D eigenvalue weighted by Crippen LogP contribution is -2.80. The van der Waals surface area contributed by atoms with Gasteiger partial charge in [-0.2, -0.15) is 0 Å². The van der Waals surface area contributed by atoms with E-state index in [4.69, 9.17) is 0 Å². The van der Waals surface area contributed by atoms with Gasteiger partial charge in [0.2, 0.25) is 0 Å². The van der Waals surface area contributed by atoms with Crippen LogP contribution in [-0.2, 0) is 19.2 Å². The first-order valence-electron chi connectivity index (χ1n) is 8.48. The van der Waals surface area contributed by atoms with Gasteiger partial charge in [-0.1, -0.05) is 19.8 Å². The smallest absolute Gasteiger partial charge is 0.311 e. The number of carbonyl (C=O) groups is 4. The summed E-state index contributed by atoms with van der Waals surface area (Å²) in [5, 5.41) is 38.9. The average Bonchev–Trinajstić information content (AvgIpc) is 2.51. The number of carboxylic acid groups (broad SMARTS) is 4. The summed E-state index contributed by atoms with van der Waals surface area (Å²) >= 11 is 0. The Hall–Kier alpha value is -2.12. The van der Waals surface area contributed by atoms with Crippen molar-refractivity contribution in [3.8, 4) is 0 Å². The third-order valence-corrected chi connectivity index (χ3v) is 7.47. The van der Waals surface area contributed by atoms with Crippen LogP contribution in [0.2, 0.25) is 0 Å². The molecule has 3 aliphatic rings. The summed E-state index contributed by atoms with van der Waals surface area (Å²) in [6.07, 6.45) is 1.30. The van der Waals surface area contributed by atoms with Crippen LogP contribution in [0, 0.1) is 34.0 Å². The fourth-order valence-corrected chi connectivity index (χ4v) is 6.57. The van der Waals surface area contributed by atoms with Crippen molar-refractivity contribution >= 4 is 23.9 Å². The number of fused-ring (bicyclic) bond motifs is 4. The van der Waals surface area contributed by atoms with Crippen LogP contribution in [0.5, 0.6) is 0 Å². The zero-order chi connectivity index (χ0) is 18.8. The minimum Gasteiger partial charge on any atom is -0.481 e. The third-order valence-electron chi connectivity index (χ3n) is 7.47. The fraction of sp³-hybridized carbons (Fsp3) is 0.765. The molecular formula is C17H22O8. The number of carboxylic acids is 4. The van der Waals surface area contributed by atoms with Crippen molar-refractivity contribution in [3.63, 3.8) is 0 Å². The third kappa shape index (κ3) is 1.77. The van der Waals surface area contributed by atoms with Crippen molar-refractivity contribution in [2.24, 2.45) is 34.0 Å². The van der Waals surface area contributed by atoms with Crippen molar-refractivity contribution < 1.29 is 39.6 Å². The molecule has 0 aromatic carbocycles. The summed E-state index contributed by atoms with van der Waals surface area (Å²) in [5.41, 5.74) is -4.08. The normalized spacial score (nSPS) is 45.4. The highest BCUT2D eigenvalue weighted by Gasteiger charge is 2.85. The fourth-order valence-electron chi connectivity index (χ4n) is 6.57. The molecule has 138 valence electrons. The topological polar surface area (TPSA) is 149 Å². The van der Waals surface area contributed by atoms with E-state index in [9.17, 15) is 39.6 Å². The second-order valence-electron chi connectivity index (χ2n) is 7.99. The Morgan fingerprint density at radius 1 is 0.840 bits per heavy atom. The lowest BCUT2D eigenvalue weighted by molar-refractivity contribution is -0.304. The zero-order valence-corrected chi connectivity index (χ0v) is 13.9. The van der Waals surface area contributed by atoms with Crippen LogP contribution in [0.1, 0.15) is 45.4 Å². The van der Waals surface area contributed by atoms with Gasteiger partial charge in [-0.3, -0.25) is 19.2 Å². The first-order valence-corrected chi connectivity index (χ1v) is 8.48. The Kier molecular flexibility index (Phi) is 3.67. The van der Waals surface area contributed by atoms with Gasteiger partial charge in [0.1, 0.15) is 0 Å². The summed E-state index contributed by atoms with van der Waals surface area (Å²) in [6, 6.07) is 0. The van der Waals surface area contributed by atoms with E-state index in [0.29, 0.717) is 12.8 Å². The minimum atomic E-state index is -1.54. The van der Waals surface area contributed by atoms with Crippen molar-refractivity contribution in [2.75, 3.05) is 0 Å². The molecule has 0 radical (unpaired) electrons. The monoisotopic (exact) mass is 354 g/mol. The van der Waals surface area contributed by atoms with Gasteiger partial charge in [0.05, 0.1) is 22.7 Å². The maximum absolute atomic E-state index is 12.3. The van der Waals surface area contributed by atoms with Gasteiger partial charge in [0.25, 0.3) is 0 Å². The van der Waals surface area contributed by atoms with Gasteiger partial charge in [0, 0.05) is 0 Å². The molecule has 6 atom stereocenters. The molecule has 0 saturated heterocycles. The van der Waals surface area contributed by atoms with Gasteiger partial charge in [-0.05, 0) is 37.0 Å². The van der Waals surface area contributed by atoms with E-state index in [1.165, 1.54) is 0 Å². The van der Waals surface area contributed by atoms with Crippen molar-refractivity contribution in [1.29, 1.82) is 0 Å². The highest BCUT2D eigenvalue weighted by molar-refractivity contribution is 5.92. The molecule has 0 aliphatic heterocycles. The molecule has 3 fully saturated rings. The summed E-state index contributed by atoms with van der Waals surface area (Å²) in [5.74, 6) is -7.98. The van der Waals surface area contributed by atoms with Gasteiger partial charge in [-0.15, -0.1) is 0 Å². The van der Waals surface area contributed by atoms with E-state index in [1.807, 2.05) is 0 Å². The molecule has 8 nitrogen and oxygen atoms in total. The summed E-state index contributed by atoms with van der Waals surface area (Å²) < 4.78 is 0. The van der Waals surface area contributed by atoms with E-state index in [2.05, 4.69) is 0 Å². The molecular weight excluding hydrogens is 332 g/mol. The highest BCUT2D eigenvalue weighted by Crippen LogP contribution is 2.81. The maximum Gasteiger partial charge on any atom is 0.311 e.